The van der Waals surface area contributed by atoms with E-state index in [1.54, 1.807) is 6.07 Å². The van der Waals surface area contributed by atoms with Gasteiger partial charge in [0.2, 0.25) is 0 Å². The van der Waals surface area contributed by atoms with E-state index in [1.807, 2.05) is 30.3 Å². The van der Waals surface area contributed by atoms with Gasteiger partial charge in [-0.1, -0.05) is 108 Å². The number of unbranched alkanes of at least 4 members (excludes halogenated alkanes) is 6. The van der Waals surface area contributed by atoms with Crippen LogP contribution in [0.15, 0.2) is 42.5 Å². The number of benzene rings is 2. The standard InChI is InChI=1S/C34H49FO2/c1-3-5-7-8-10-11-26-13-15-28(16-14-26)31-21-22-32(33(35)23-31)29-17-19-30(20-18-29)34-36-24-27(25-37-34)12-9-6-4-2/h17-23,26-28,34H,3-16,24-25H2,1-2H3/t26?,27-,28?,34-. The molecule has 0 amide bonds. The molecule has 1 saturated heterocycles. The summed E-state index contributed by atoms with van der Waals surface area (Å²) in [4.78, 5) is 0. The molecule has 0 radical (unpaired) electrons. The Morgan fingerprint density at radius 3 is 1.95 bits per heavy atom. The molecule has 0 bridgehead atoms. The number of hydrogen-bond donors (Lipinski definition) is 0. The molecule has 0 N–H and O–H groups in total. The van der Waals surface area contributed by atoms with E-state index in [9.17, 15) is 0 Å². The maximum absolute atomic E-state index is 15.2. The van der Waals surface area contributed by atoms with Crippen LogP contribution in [0.3, 0.4) is 0 Å². The molecule has 0 aromatic heterocycles. The molecule has 1 heterocycles. The number of halogens is 1. The Hall–Kier alpha value is -1.71. The van der Waals surface area contributed by atoms with E-state index >= 15 is 4.39 Å². The molecule has 0 spiro atoms. The van der Waals surface area contributed by atoms with Gasteiger partial charge < -0.3 is 9.47 Å². The molecule has 2 aromatic rings. The molecule has 2 aliphatic rings. The predicted molar refractivity (Wildman–Crippen MR) is 152 cm³/mol. The molecule has 1 aliphatic carbocycles. The molecule has 0 atom stereocenters. The third-order valence-corrected chi connectivity index (χ3v) is 8.70. The highest BCUT2D eigenvalue weighted by Crippen LogP contribution is 2.39. The fraction of sp³-hybridized carbons (Fsp3) is 0.647. The van der Waals surface area contributed by atoms with E-state index in [2.05, 4.69) is 19.9 Å². The zero-order valence-electron chi connectivity index (χ0n) is 23.4. The van der Waals surface area contributed by atoms with Crippen LogP contribution in [-0.2, 0) is 9.47 Å². The minimum Gasteiger partial charge on any atom is -0.348 e. The first kappa shape index (κ1) is 28.3. The lowest BCUT2D eigenvalue weighted by Gasteiger charge is -2.30. The van der Waals surface area contributed by atoms with Gasteiger partial charge in [-0.05, 0) is 61.1 Å². The first-order chi connectivity index (χ1) is 18.2. The van der Waals surface area contributed by atoms with Gasteiger partial charge in [-0.2, -0.15) is 0 Å². The molecular weight excluding hydrogens is 459 g/mol. The molecule has 1 saturated carbocycles. The summed E-state index contributed by atoms with van der Waals surface area (Å²) in [5.74, 6) is 1.78. The smallest absolute Gasteiger partial charge is 0.183 e. The van der Waals surface area contributed by atoms with E-state index in [0.717, 1.165) is 30.3 Å². The van der Waals surface area contributed by atoms with Gasteiger partial charge in [-0.3, -0.25) is 0 Å². The minimum atomic E-state index is -0.310. The van der Waals surface area contributed by atoms with Gasteiger partial charge in [0.05, 0.1) is 13.2 Å². The van der Waals surface area contributed by atoms with Crippen LogP contribution in [0.25, 0.3) is 11.1 Å². The van der Waals surface area contributed by atoms with E-state index < -0.39 is 0 Å². The molecule has 0 unspecified atom stereocenters. The van der Waals surface area contributed by atoms with Crippen LogP contribution < -0.4 is 0 Å². The van der Waals surface area contributed by atoms with Gasteiger partial charge in [0.15, 0.2) is 6.29 Å². The minimum absolute atomic E-state index is 0.108. The summed E-state index contributed by atoms with van der Waals surface area (Å²) in [7, 11) is 0. The first-order valence-corrected chi connectivity index (χ1v) is 15.3. The number of rotatable bonds is 13. The lowest BCUT2D eigenvalue weighted by molar-refractivity contribution is -0.206. The summed E-state index contributed by atoms with van der Waals surface area (Å²) in [5, 5.41) is 0. The van der Waals surface area contributed by atoms with Crippen molar-refractivity contribution in [2.45, 2.75) is 116 Å². The van der Waals surface area contributed by atoms with Crippen LogP contribution in [0.2, 0.25) is 0 Å². The summed E-state index contributed by atoms with van der Waals surface area (Å²) in [6.45, 7) is 6.02. The van der Waals surface area contributed by atoms with Gasteiger partial charge >= 0.3 is 0 Å². The van der Waals surface area contributed by atoms with E-state index in [-0.39, 0.29) is 12.1 Å². The van der Waals surface area contributed by atoms with Gasteiger partial charge in [0.1, 0.15) is 5.82 Å². The largest absolute Gasteiger partial charge is 0.348 e. The van der Waals surface area contributed by atoms with E-state index in [0.29, 0.717) is 17.4 Å². The quantitative estimate of drug-likeness (QED) is 0.251. The molecule has 1 aliphatic heterocycles. The van der Waals surface area contributed by atoms with Crippen LogP contribution in [0, 0.1) is 17.7 Å². The second kappa shape index (κ2) is 15.0. The van der Waals surface area contributed by atoms with Crippen LogP contribution in [-0.4, -0.2) is 13.2 Å². The third kappa shape index (κ3) is 8.39. The lowest BCUT2D eigenvalue weighted by Crippen LogP contribution is -2.27. The molecule has 4 rings (SSSR count). The summed E-state index contributed by atoms with van der Waals surface area (Å²) < 4.78 is 27.2. The van der Waals surface area contributed by atoms with E-state index in [4.69, 9.17) is 9.47 Å². The maximum Gasteiger partial charge on any atom is 0.183 e. The first-order valence-electron chi connectivity index (χ1n) is 15.3. The summed E-state index contributed by atoms with van der Waals surface area (Å²) in [6, 6.07) is 14.0. The van der Waals surface area contributed by atoms with Crippen LogP contribution >= 0.6 is 0 Å². The lowest BCUT2D eigenvalue weighted by atomic mass is 9.77. The highest BCUT2D eigenvalue weighted by molar-refractivity contribution is 5.65. The van der Waals surface area contributed by atoms with Gasteiger partial charge in [0, 0.05) is 17.0 Å². The summed E-state index contributed by atoms with van der Waals surface area (Å²) in [6.07, 6.45) is 17.9. The Kier molecular flexibility index (Phi) is 11.5. The monoisotopic (exact) mass is 508 g/mol. The second-order valence-electron chi connectivity index (χ2n) is 11.6. The average molecular weight is 509 g/mol. The third-order valence-electron chi connectivity index (χ3n) is 8.70. The molecule has 3 heteroatoms. The zero-order valence-corrected chi connectivity index (χ0v) is 23.4. The molecule has 37 heavy (non-hydrogen) atoms. The van der Waals surface area contributed by atoms with Crippen molar-refractivity contribution in [3.63, 3.8) is 0 Å². The molecule has 204 valence electrons. The van der Waals surface area contributed by atoms with Crippen molar-refractivity contribution in [2.75, 3.05) is 13.2 Å². The Labute approximate surface area is 225 Å². The summed E-state index contributed by atoms with van der Waals surface area (Å²) >= 11 is 0. The topological polar surface area (TPSA) is 18.5 Å². The Morgan fingerprint density at radius 1 is 0.676 bits per heavy atom. The second-order valence-corrected chi connectivity index (χ2v) is 11.6. The van der Waals surface area contributed by atoms with E-state index in [1.165, 1.54) is 95.5 Å². The van der Waals surface area contributed by atoms with Crippen molar-refractivity contribution >= 4 is 0 Å². The maximum atomic E-state index is 15.2. The average Bonchev–Trinajstić information content (AvgIpc) is 2.94. The molecule has 2 aromatic carbocycles. The predicted octanol–water partition coefficient (Wildman–Crippen LogP) is 10.4. The van der Waals surface area contributed by atoms with Gasteiger partial charge in [-0.25, -0.2) is 4.39 Å². The zero-order chi connectivity index (χ0) is 25.9. The van der Waals surface area contributed by atoms with Crippen LogP contribution in [0.4, 0.5) is 4.39 Å². The number of ether oxygens (including phenoxy) is 2. The van der Waals surface area contributed by atoms with Crippen LogP contribution in [0.5, 0.6) is 0 Å². The highest BCUT2D eigenvalue weighted by Gasteiger charge is 2.24. The van der Waals surface area contributed by atoms with Crippen molar-refractivity contribution in [3.8, 4) is 11.1 Å². The van der Waals surface area contributed by atoms with Crippen molar-refractivity contribution < 1.29 is 13.9 Å². The normalized spacial score (nSPS) is 24.3. The van der Waals surface area contributed by atoms with Crippen molar-refractivity contribution in [1.29, 1.82) is 0 Å². The Balaban J connectivity index is 1.26. The Morgan fingerprint density at radius 2 is 1.27 bits per heavy atom. The van der Waals surface area contributed by atoms with Gasteiger partial charge in [-0.15, -0.1) is 0 Å². The molecular formula is C34H49FO2. The van der Waals surface area contributed by atoms with Crippen molar-refractivity contribution in [1.82, 2.24) is 0 Å². The Bertz CT molecular complexity index is 908. The van der Waals surface area contributed by atoms with Gasteiger partial charge in [0.25, 0.3) is 0 Å². The van der Waals surface area contributed by atoms with Crippen LogP contribution in [0.1, 0.15) is 127 Å². The fourth-order valence-electron chi connectivity index (χ4n) is 6.25. The van der Waals surface area contributed by atoms with Crippen molar-refractivity contribution in [2.24, 2.45) is 11.8 Å². The SMILES string of the molecule is CCCCCCCC1CCC(c2ccc(-c3ccc([C@H]4OC[C@H](CCCCC)CO4)cc3)c(F)c2)CC1. The fourth-order valence-corrected chi connectivity index (χ4v) is 6.25. The number of hydrogen-bond acceptors (Lipinski definition) is 2. The van der Waals surface area contributed by atoms with Crippen molar-refractivity contribution in [3.05, 3.63) is 59.4 Å². The molecule has 2 nitrogen and oxygen atoms in total. The summed E-state index contributed by atoms with van der Waals surface area (Å²) in [5.41, 5.74) is 3.78. The molecule has 2 fully saturated rings. The highest BCUT2D eigenvalue weighted by atomic mass is 19.1.